The van der Waals surface area contributed by atoms with Crippen LogP contribution in [0.15, 0.2) is 137 Å². The average Bonchev–Trinajstić information content (AvgIpc) is 3.56. The van der Waals surface area contributed by atoms with Crippen LogP contribution in [0.3, 0.4) is 0 Å². The molecule has 0 aromatic heterocycles. The minimum atomic E-state index is -0.814. The number of benzene rings is 5. The monoisotopic (exact) mass is 676 g/mol. The van der Waals surface area contributed by atoms with Gasteiger partial charge in [-0.25, -0.2) is 4.79 Å². The first kappa shape index (κ1) is 32.8. The number of aliphatic hydroxyl groups is 1. The molecule has 0 radical (unpaired) electrons. The van der Waals surface area contributed by atoms with E-state index in [1.54, 1.807) is 48.5 Å². The summed E-state index contributed by atoms with van der Waals surface area (Å²) in [6.07, 6.45) is 1.01. The molecular weight excluding hydrogens is 644 g/mol. The van der Waals surface area contributed by atoms with E-state index in [-0.39, 0.29) is 50.7 Å². The largest absolute Gasteiger partial charge is 0.505 e. The Morgan fingerprint density at radius 3 is 1.90 bits per heavy atom. The number of rotatable bonds is 10. The van der Waals surface area contributed by atoms with Crippen molar-refractivity contribution < 1.29 is 29.0 Å². The third kappa shape index (κ3) is 5.86. The van der Waals surface area contributed by atoms with Crippen LogP contribution in [-0.4, -0.2) is 39.6 Å². The number of amides is 2. The van der Waals surface area contributed by atoms with E-state index in [0.29, 0.717) is 18.5 Å². The van der Waals surface area contributed by atoms with Gasteiger partial charge >= 0.3 is 5.97 Å². The fourth-order valence-corrected chi connectivity index (χ4v) is 6.48. The third-order valence-corrected chi connectivity index (χ3v) is 9.02. The van der Waals surface area contributed by atoms with Crippen molar-refractivity contribution in [2.45, 2.75) is 32.7 Å². The predicted octanol–water partition coefficient (Wildman–Crippen LogP) is 9.37. The lowest BCUT2D eigenvalue weighted by Gasteiger charge is -2.25. The number of imide groups is 1. The number of para-hydroxylation sites is 3. The zero-order valence-electron chi connectivity index (χ0n) is 27.8. The summed E-state index contributed by atoms with van der Waals surface area (Å²) in [4.78, 5) is 58.0. The van der Waals surface area contributed by atoms with Crippen LogP contribution in [-0.2, 0) is 0 Å². The summed E-state index contributed by atoms with van der Waals surface area (Å²) in [6, 6.07) is 35.2. The molecule has 7 rings (SSSR count). The summed E-state index contributed by atoms with van der Waals surface area (Å²) < 4.78 is 5.52. The minimum Gasteiger partial charge on any atom is -0.505 e. The SMILES string of the molecule is CCC(CC)N1C(=O)c2c(N=NC3=C(O)c4ccc(N(c5ccccc5)c5ccccc5)cc4C3=O)ccc(C(=O)Oc3ccccc3)c2C1=O. The van der Waals surface area contributed by atoms with Crippen molar-refractivity contribution in [3.63, 3.8) is 0 Å². The van der Waals surface area contributed by atoms with Gasteiger partial charge in [-0.15, -0.1) is 10.2 Å². The van der Waals surface area contributed by atoms with E-state index in [9.17, 15) is 24.3 Å². The fourth-order valence-electron chi connectivity index (χ4n) is 6.48. The molecule has 2 aliphatic rings. The Morgan fingerprint density at radius 2 is 1.29 bits per heavy atom. The Kier molecular flexibility index (Phi) is 8.81. The first-order valence-corrected chi connectivity index (χ1v) is 16.6. The van der Waals surface area contributed by atoms with Crippen LogP contribution in [0.1, 0.15) is 73.7 Å². The molecule has 51 heavy (non-hydrogen) atoms. The number of carbonyl (C=O) groups is 4. The molecule has 1 aliphatic heterocycles. The van der Waals surface area contributed by atoms with E-state index in [1.165, 1.54) is 12.1 Å². The number of hydrogen-bond donors (Lipinski definition) is 1. The molecule has 0 saturated heterocycles. The number of carbonyl (C=O) groups excluding carboxylic acids is 4. The number of Topliss-reactive ketones (excluding diaryl/α,β-unsaturated/α-hetero) is 1. The van der Waals surface area contributed by atoms with E-state index in [2.05, 4.69) is 10.2 Å². The summed E-state index contributed by atoms with van der Waals surface area (Å²) in [7, 11) is 0. The van der Waals surface area contributed by atoms with Crippen LogP contribution in [0, 0.1) is 0 Å². The van der Waals surface area contributed by atoms with E-state index in [4.69, 9.17) is 4.74 Å². The van der Waals surface area contributed by atoms with E-state index < -0.39 is 29.6 Å². The van der Waals surface area contributed by atoms with Crippen LogP contribution in [0.5, 0.6) is 5.75 Å². The van der Waals surface area contributed by atoms with E-state index in [0.717, 1.165) is 16.3 Å². The van der Waals surface area contributed by atoms with Gasteiger partial charge in [0.25, 0.3) is 11.8 Å². The molecule has 252 valence electrons. The molecule has 1 heterocycles. The van der Waals surface area contributed by atoms with Gasteiger partial charge in [-0.2, -0.15) is 0 Å². The summed E-state index contributed by atoms with van der Waals surface area (Å²) in [5.74, 6) is -2.73. The summed E-state index contributed by atoms with van der Waals surface area (Å²) >= 11 is 0. The smallest absolute Gasteiger partial charge is 0.344 e. The number of nitrogens with zero attached hydrogens (tertiary/aromatic N) is 4. The number of fused-ring (bicyclic) bond motifs is 2. The Balaban J connectivity index is 1.25. The van der Waals surface area contributed by atoms with Gasteiger partial charge in [0.15, 0.2) is 11.5 Å². The Hall–Kier alpha value is -6.68. The number of anilines is 3. The highest BCUT2D eigenvalue weighted by Crippen LogP contribution is 2.41. The first-order chi connectivity index (χ1) is 24.8. The first-order valence-electron chi connectivity index (χ1n) is 16.6. The van der Waals surface area contributed by atoms with Crippen LogP contribution < -0.4 is 9.64 Å². The van der Waals surface area contributed by atoms with Gasteiger partial charge in [0, 0.05) is 34.2 Å². The van der Waals surface area contributed by atoms with E-state index in [1.807, 2.05) is 79.4 Å². The average molecular weight is 677 g/mol. The highest BCUT2D eigenvalue weighted by Gasteiger charge is 2.44. The standard InChI is InChI=1S/C41H32N4O6/c1-3-25(4-2)45-39(48)34-31(41(50)51-29-18-12-7-13-19-29)22-23-33(35(34)40(45)49)42-43-36-37(46)30-21-20-28(24-32(30)38(36)47)44(26-14-8-5-9-15-26)27-16-10-6-11-17-27/h5-25,46H,3-4H2,1-2H3. The van der Waals surface area contributed by atoms with Gasteiger partial charge in [-0.3, -0.25) is 19.3 Å². The maximum atomic E-state index is 13.9. The molecule has 0 spiro atoms. The molecule has 0 fully saturated rings. The maximum Gasteiger partial charge on any atom is 0.344 e. The zero-order chi connectivity index (χ0) is 35.6. The quantitative estimate of drug-likeness (QED) is 0.0675. The molecule has 2 amide bonds. The second kappa shape index (κ2) is 13.7. The van der Waals surface area contributed by atoms with Gasteiger partial charge in [-0.05, 0) is 79.6 Å². The van der Waals surface area contributed by atoms with Crippen molar-refractivity contribution in [2.24, 2.45) is 10.2 Å². The molecule has 10 heteroatoms. The van der Waals surface area contributed by atoms with Crippen molar-refractivity contribution in [1.29, 1.82) is 0 Å². The van der Waals surface area contributed by atoms with Crippen molar-refractivity contribution in [3.05, 3.63) is 155 Å². The Morgan fingerprint density at radius 1 is 0.706 bits per heavy atom. The molecule has 0 saturated carbocycles. The molecule has 0 bridgehead atoms. The number of aliphatic hydroxyl groups excluding tert-OH is 1. The van der Waals surface area contributed by atoms with Crippen LogP contribution in [0.4, 0.5) is 22.7 Å². The molecule has 0 atom stereocenters. The number of esters is 1. The molecule has 5 aromatic carbocycles. The Labute approximate surface area is 293 Å². The second-order valence-corrected chi connectivity index (χ2v) is 12.0. The zero-order valence-corrected chi connectivity index (χ0v) is 27.8. The summed E-state index contributed by atoms with van der Waals surface area (Å²) in [6.45, 7) is 3.73. The van der Waals surface area contributed by atoms with Gasteiger partial charge in [-0.1, -0.05) is 68.4 Å². The van der Waals surface area contributed by atoms with Crippen molar-refractivity contribution in [2.75, 3.05) is 4.90 Å². The van der Waals surface area contributed by atoms with Gasteiger partial charge in [0.05, 0.1) is 22.4 Å². The lowest BCUT2D eigenvalue weighted by molar-refractivity contribution is 0.0570. The normalized spacial score (nSPS) is 13.7. The second-order valence-electron chi connectivity index (χ2n) is 12.0. The predicted molar refractivity (Wildman–Crippen MR) is 192 cm³/mol. The summed E-state index contributed by atoms with van der Waals surface area (Å²) in [5, 5.41) is 19.6. The molecule has 10 nitrogen and oxygen atoms in total. The van der Waals surface area contributed by atoms with Gasteiger partial charge in [0.1, 0.15) is 5.75 Å². The van der Waals surface area contributed by atoms with Crippen molar-refractivity contribution in [1.82, 2.24) is 4.90 Å². The molecule has 1 N–H and O–H groups in total. The van der Waals surface area contributed by atoms with Crippen LogP contribution in [0.25, 0.3) is 5.76 Å². The highest BCUT2D eigenvalue weighted by molar-refractivity contribution is 6.27. The van der Waals surface area contributed by atoms with Crippen LogP contribution >= 0.6 is 0 Å². The lowest BCUT2D eigenvalue weighted by atomic mass is 10.0. The molecule has 5 aromatic rings. The van der Waals surface area contributed by atoms with Gasteiger partial charge < -0.3 is 14.7 Å². The number of ketones is 1. The summed E-state index contributed by atoms with van der Waals surface area (Å²) in [5.41, 5.74) is 2.24. The molecule has 0 unspecified atom stereocenters. The van der Waals surface area contributed by atoms with Crippen molar-refractivity contribution in [3.8, 4) is 5.75 Å². The highest BCUT2D eigenvalue weighted by atomic mass is 16.5. The van der Waals surface area contributed by atoms with E-state index >= 15 is 0 Å². The number of azo groups is 1. The van der Waals surface area contributed by atoms with Crippen molar-refractivity contribution >= 4 is 52.1 Å². The minimum absolute atomic E-state index is 0.0304. The maximum absolute atomic E-state index is 13.9. The third-order valence-electron chi connectivity index (χ3n) is 9.02. The molecular formula is C41H32N4O6. The van der Waals surface area contributed by atoms with Gasteiger partial charge in [0.2, 0.25) is 5.78 Å². The number of allylic oxidation sites excluding steroid dienone is 1. The van der Waals surface area contributed by atoms with Crippen LogP contribution in [0.2, 0.25) is 0 Å². The Bertz CT molecular complexity index is 2210. The fraction of sp³-hybridized carbons (Fsp3) is 0.122. The lowest BCUT2D eigenvalue weighted by Crippen LogP contribution is -2.39. The molecule has 1 aliphatic carbocycles. The number of hydrogen-bond acceptors (Lipinski definition) is 9. The number of ether oxygens (including phenoxy) is 1. The topological polar surface area (TPSA) is 129 Å².